The summed E-state index contributed by atoms with van der Waals surface area (Å²) in [5.41, 5.74) is 1.79. The quantitative estimate of drug-likeness (QED) is 0.588. The third kappa shape index (κ3) is 4.92. The van der Waals surface area contributed by atoms with E-state index in [9.17, 15) is 13.2 Å². The molecule has 0 unspecified atom stereocenters. The lowest BCUT2D eigenvalue weighted by Gasteiger charge is -2.29. The molecule has 1 aliphatic rings. The summed E-state index contributed by atoms with van der Waals surface area (Å²) in [5.74, 6) is 0.447. The number of sulfonamides is 1. The van der Waals surface area contributed by atoms with E-state index in [-0.39, 0.29) is 10.5 Å². The van der Waals surface area contributed by atoms with Crippen molar-refractivity contribution in [2.45, 2.75) is 31.6 Å². The van der Waals surface area contributed by atoms with Gasteiger partial charge in [0.2, 0.25) is 10.0 Å². The third-order valence-corrected chi connectivity index (χ3v) is 7.80. The highest BCUT2D eigenvalue weighted by Gasteiger charge is 2.29. The van der Waals surface area contributed by atoms with Gasteiger partial charge in [-0.05, 0) is 90.2 Å². The molecule has 0 aliphatic carbocycles. The average Bonchev–Trinajstić information content (AvgIpc) is 2.69. The predicted molar refractivity (Wildman–Crippen MR) is 122 cm³/mol. The largest absolute Gasteiger partial charge is 0.496 e. The minimum Gasteiger partial charge on any atom is -0.496 e. The van der Waals surface area contributed by atoms with Crippen LogP contribution in [0.15, 0.2) is 41.3 Å². The lowest BCUT2D eigenvalue weighted by Crippen LogP contribution is -2.37. The summed E-state index contributed by atoms with van der Waals surface area (Å²) in [5, 5.41) is 2.86. The molecule has 6 nitrogen and oxygen atoms in total. The van der Waals surface area contributed by atoms with Gasteiger partial charge in [0.25, 0.3) is 5.91 Å². The van der Waals surface area contributed by atoms with Crippen LogP contribution in [0.4, 0.5) is 5.69 Å². The number of ether oxygens (including phenoxy) is 1. The highest BCUT2D eigenvalue weighted by atomic mass is 127. The minimum absolute atomic E-state index is 0.109. The van der Waals surface area contributed by atoms with Crippen LogP contribution in [0, 0.1) is 16.4 Å². The van der Waals surface area contributed by atoms with E-state index >= 15 is 0 Å². The van der Waals surface area contributed by atoms with E-state index in [0.717, 1.165) is 22.0 Å². The van der Waals surface area contributed by atoms with Gasteiger partial charge in [-0.25, -0.2) is 8.42 Å². The van der Waals surface area contributed by atoms with Crippen LogP contribution in [0.5, 0.6) is 5.75 Å². The van der Waals surface area contributed by atoms with E-state index in [1.54, 1.807) is 0 Å². The molecule has 0 radical (unpaired) electrons. The fraction of sp³-hybridized carbons (Fsp3) is 0.381. The highest BCUT2D eigenvalue weighted by molar-refractivity contribution is 14.1. The number of piperidine rings is 1. The first-order valence-electron chi connectivity index (χ1n) is 9.48. The van der Waals surface area contributed by atoms with Crippen LogP contribution in [0.1, 0.15) is 35.7 Å². The number of halogens is 1. The number of carbonyl (C=O) groups excluding carboxylic acids is 1. The Morgan fingerprint density at radius 1 is 1.17 bits per heavy atom. The smallest absolute Gasteiger partial charge is 0.259 e. The molecule has 1 heterocycles. The number of aryl methyl sites for hydroxylation is 1. The Hall–Kier alpha value is -1.65. The SMILES string of the molecule is COc1ccc(S(=O)(=O)N2CCC(C)CC2)cc1C(=O)Nc1ccc(I)cc1C. The molecule has 0 aromatic heterocycles. The number of methoxy groups -OCH3 is 1. The number of benzene rings is 2. The Labute approximate surface area is 185 Å². The molecular weight excluding hydrogens is 503 g/mol. The Morgan fingerprint density at radius 2 is 1.86 bits per heavy atom. The van der Waals surface area contributed by atoms with Crippen LogP contribution in [-0.2, 0) is 10.0 Å². The van der Waals surface area contributed by atoms with Gasteiger partial charge in [0.05, 0.1) is 17.6 Å². The molecule has 0 bridgehead atoms. The van der Waals surface area contributed by atoms with Gasteiger partial charge >= 0.3 is 0 Å². The second-order valence-corrected chi connectivity index (χ2v) is 10.5. The Kier molecular flexibility index (Phi) is 6.85. The molecule has 0 saturated carbocycles. The predicted octanol–water partition coefficient (Wildman–Crippen LogP) is 4.28. The van der Waals surface area contributed by atoms with Crippen LogP contribution in [0.2, 0.25) is 0 Å². The van der Waals surface area contributed by atoms with E-state index in [4.69, 9.17) is 4.74 Å². The summed E-state index contributed by atoms with van der Waals surface area (Å²) < 4.78 is 34.0. The van der Waals surface area contributed by atoms with Crippen LogP contribution in [-0.4, -0.2) is 38.8 Å². The number of anilines is 1. The number of nitrogens with one attached hydrogen (secondary N) is 1. The van der Waals surface area contributed by atoms with Gasteiger partial charge in [-0.3, -0.25) is 4.79 Å². The van der Waals surface area contributed by atoms with Gasteiger partial charge < -0.3 is 10.1 Å². The number of nitrogens with zero attached hydrogens (tertiary/aromatic N) is 1. The second kappa shape index (κ2) is 9.01. The first kappa shape index (κ1) is 22.0. The Balaban J connectivity index is 1.91. The second-order valence-electron chi connectivity index (χ2n) is 7.36. The van der Waals surface area contributed by atoms with Crippen molar-refractivity contribution in [1.82, 2.24) is 4.31 Å². The van der Waals surface area contributed by atoms with E-state index in [0.29, 0.717) is 30.4 Å². The molecule has 3 rings (SSSR count). The minimum atomic E-state index is -3.66. The van der Waals surface area contributed by atoms with Crippen molar-refractivity contribution < 1.29 is 17.9 Å². The maximum atomic E-state index is 13.1. The van der Waals surface area contributed by atoms with E-state index in [1.165, 1.54) is 29.6 Å². The van der Waals surface area contributed by atoms with E-state index in [2.05, 4.69) is 34.8 Å². The molecule has 0 atom stereocenters. The average molecular weight is 528 g/mol. The molecule has 2 aromatic carbocycles. The molecule has 1 saturated heterocycles. The zero-order chi connectivity index (χ0) is 21.2. The zero-order valence-electron chi connectivity index (χ0n) is 16.7. The molecule has 156 valence electrons. The van der Waals surface area contributed by atoms with Crippen LogP contribution in [0.3, 0.4) is 0 Å². The van der Waals surface area contributed by atoms with Crippen molar-refractivity contribution in [3.05, 3.63) is 51.1 Å². The standard InChI is InChI=1S/C21H25IN2O4S/c1-14-8-10-24(11-9-14)29(26,27)17-5-7-20(28-3)18(13-17)21(25)23-19-6-4-16(22)12-15(19)2/h4-7,12-14H,8-11H2,1-3H3,(H,23,25). The molecule has 1 N–H and O–H groups in total. The summed E-state index contributed by atoms with van der Waals surface area (Å²) in [6.45, 7) is 5.04. The first-order valence-corrected chi connectivity index (χ1v) is 12.0. The van der Waals surface area contributed by atoms with Gasteiger partial charge in [0.15, 0.2) is 0 Å². The van der Waals surface area contributed by atoms with Gasteiger partial charge in [-0.1, -0.05) is 6.92 Å². The highest BCUT2D eigenvalue weighted by Crippen LogP contribution is 2.28. The Bertz CT molecular complexity index is 1020. The monoisotopic (exact) mass is 528 g/mol. The molecule has 0 spiro atoms. The molecular formula is C21H25IN2O4S. The Morgan fingerprint density at radius 3 is 2.48 bits per heavy atom. The fourth-order valence-electron chi connectivity index (χ4n) is 3.36. The summed E-state index contributed by atoms with van der Waals surface area (Å²) >= 11 is 2.21. The van der Waals surface area contributed by atoms with E-state index < -0.39 is 15.9 Å². The van der Waals surface area contributed by atoms with Crippen molar-refractivity contribution in [3.8, 4) is 5.75 Å². The van der Waals surface area contributed by atoms with Crippen LogP contribution >= 0.6 is 22.6 Å². The van der Waals surface area contributed by atoms with Gasteiger partial charge in [0.1, 0.15) is 5.75 Å². The zero-order valence-corrected chi connectivity index (χ0v) is 19.7. The summed E-state index contributed by atoms with van der Waals surface area (Å²) in [7, 11) is -2.20. The molecule has 1 aliphatic heterocycles. The molecule has 1 amide bonds. The summed E-state index contributed by atoms with van der Waals surface area (Å²) in [4.78, 5) is 13.0. The van der Waals surface area contributed by atoms with Gasteiger partial charge in [-0.2, -0.15) is 4.31 Å². The van der Waals surface area contributed by atoms with E-state index in [1.807, 2.05) is 25.1 Å². The number of hydrogen-bond donors (Lipinski definition) is 1. The number of hydrogen-bond acceptors (Lipinski definition) is 4. The van der Waals surface area contributed by atoms with Crippen molar-refractivity contribution in [2.24, 2.45) is 5.92 Å². The lowest BCUT2D eigenvalue weighted by molar-refractivity contribution is 0.102. The molecule has 2 aromatic rings. The summed E-state index contributed by atoms with van der Waals surface area (Å²) in [6, 6.07) is 10.1. The fourth-order valence-corrected chi connectivity index (χ4v) is 5.50. The normalized spacial score (nSPS) is 15.9. The maximum Gasteiger partial charge on any atom is 0.259 e. The van der Waals surface area contributed by atoms with Gasteiger partial charge in [0, 0.05) is 22.3 Å². The number of carbonyl (C=O) groups is 1. The molecule has 1 fully saturated rings. The van der Waals surface area contributed by atoms with Gasteiger partial charge in [-0.15, -0.1) is 0 Å². The van der Waals surface area contributed by atoms with Crippen LogP contribution < -0.4 is 10.1 Å². The first-order chi connectivity index (χ1) is 13.7. The van der Waals surface area contributed by atoms with Crippen molar-refractivity contribution in [2.75, 3.05) is 25.5 Å². The van der Waals surface area contributed by atoms with Crippen molar-refractivity contribution in [1.29, 1.82) is 0 Å². The van der Waals surface area contributed by atoms with Crippen LogP contribution in [0.25, 0.3) is 0 Å². The lowest BCUT2D eigenvalue weighted by atomic mass is 10.0. The third-order valence-electron chi connectivity index (χ3n) is 5.23. The maximum absolute atomic E-state index is 13.1. The molecule has 29 heavy (non-hydrogen) atoms. The molecule has 8 heteroatoms. The summed E-state index contributed by atoms with van der Waals surface area (Å²) in [6.07, 6.45) is 1.68. The topological polar surface area (TPSA) is 75.7 Å². The van der Waals surface area contributed by atoms with Crippen molar-refractivity contribution in [3.63, 3.8) is 0 Å². The van der Waals surface area contributed by atoms with Crippen molar-refractivity contribution >= 4 is 44.2 Å². The number of amides is 1. The number of rotatable bonds is 5.